The van der Waals surface area contributed by atoms with E-state index in [2.05, 4.69) is 46.8 Å². The van der Waals surface area contributed by atoms with Crippen LogP contribution >= 0.6 is 0 Å². The summed E-state index contributed by atoms with van der Waals surface area (Å²) in [5.74, 6) is 0.860. The van der Waals surface area contributed by atoms with Crippen molar-refractivity contribution >= 4 is 0 Å². The SMILES string of the molecule is CC(C)(C)/C=C/C1CC(C)(C)C1. The molecule has 0 bridgehead atoms. The van der Waals surface area contributed by atoms with Crippen LogP contribution in [0.4, 0.5) is 0 Å². The molecule has 0 radical (unpaired) electrons. The molecule has 1 aliphatic rings. The summed E-state index contributed by atoms with van der Waals surface area (Å²) in [7, 11) is 0. The second kappa shape index (κ2) is 2.90. The average molecular weight is 166 g/mol. The van der Waals surface area contributed by atoms with E-state index in [-0.39, 0.29) is 0 Å². The minimum atomic E-state index is 0.361. The zero-order valence-electron chi connectivity index (χ0n) is 9.15. The highest BCUT2D eigenvalue weighted by atomic mass is 14.4. The molecule has 0 nitrogen and oxygen atoms in total. The van der Waals surface area contributed by atoms with Gasteiger partial charge >= 0.3 is 0 Å². The molecular formula is C12H22. The van der Waals surface area contributed by atoms with Crippen molar-refractivity contribution in [2.24, 2.45) is 16.7 Å². The molecule has 1 saturated carbocycles. The fourth-order valence-corrected chi connectivity index (χ4v) is 1.92. The van der Waals surface area contributed by atoms with Gasteiger partial charge in [0.2, 0.25) is 0 Å². The second-order valence-corrected chi connectivity index (χ2v) is 6.06. The van der Waals surface area contributed by atoms with Crippen LogP contribution in [-0.4, -0.2) is 0 Å². The molecule has 0 aromatic heterocycles. The standard InChI is InChI=1S/C12H22/c1-11(2,3)7-6-10-8-12(4,5)9-10/h6-7,10H,8-9H2,1-5H3/b7-6+. The van der Waals surface area contributed by atoms with Crippen LogP contribution in [0.2, 0.25) is 0 Å². The Kier molecular flexibility index (Phi) is 2.38. The van der Waals surface area contributed by atoms with Gasteiger partial charge in [-0.15, -0.1) is 0 Å². The fourth-order valence-electron chi connectivity index (χ4n) is 1.92. The summed E-state index contributed by atoms with van der Waals surface area (Å²) in [5.41, 5.74) is 0.979. The Morgan fingerprint density at radius 1 is 1.17 bits per heavy atom. The van der Waals surface area contributed by atoms with Crippen molar-refractivity contribution in [3.05, 3.63) is 12.2 Å². The lowest BCUT2D eigenvalue weighted by Gasteiger charge is -2.41. The molecule has 0 spiro atoms. The van der Waals surface area contributed by atoms with E-state index in [0.29, 0.717) is 10.8 Å². The third-order valence-corrected chi connectivity index (χ3v) is 2.50. The quantitative estimate of drug-likeness (QED) is 0.516. The molecule has 1 aliphatic carbocycles. The van der Waals surface area contributed by atoms with Gasteiger partial charge in [-0.05, 0) is 29.6 Å². The van der Waals surface area contributed by atoms with Crippen molar-refractivity contribution < 1.29 is 0 Å². The van der Waals surface area contributed by atoms with Crippen molar-refractivity contribution in [2.45, 2.75) is 47.5 Å². The van der Waals surface area contributed by atoms with Gasteiger partial charge in [0.25, 0.3) is 0 Å². The minimum Gasteiger partial charge on any atom is -0.0849 e. The van der Waals surface area contributed by atoms with E-state index in [1.54, 1.807) is 0 Å². The van der Waals surface area contributed by atoms with Crippen molar-refractivity contribution in [3.63, 3.8) is 0 Å². The molecule has 1 fully saturated rings. The van der Waals surface area contributed by atoms with Crippen LogP contribution in [0.1, 0.15) is 47.5 Å². The van der Waals surface area contributed by atoms with E-state index in [0.717, 1.165) is 5.92 Å². The molecule has 1 rings (SSSR count). The van der Waals surface area contributed by atoms with Gasteiger partial charge in [-0.1, -0.05) is 46.8 Å². The second-order valence-electron chi connectivity index (χ2n) is 6.06. The van der Waals surface area contributed by atoms with Crippen LogP contribution in [0.15, 0.2) is 12.2 Å². The summed E-state index contributed by atoms with van der Waals surface area (Å²) in [5, 5.41) is 0. The van der Waals surface area contributed by atoms with Crippen LogP contribution in [0.25, 0.3) is 0 Å². The first kappa shape index (κ1) is 9.83. The van der Waals surface area contributed by atoms with Gasteiger partial charge in [-0.3, -0.25) is 0 Å². The monoisotopic (exact) mass is 166 g/mol. The third kappa shape index (κ3) is 3.00. The van der Waals surface area contributed by atoms with Crippen molar-refractivity contribution in [2.75, 3.05) is 0 Å². The molecule has 12 heavy (non-hydrogen) atoms. The zero-order valence-corrected chi connectivity index (χ0v) is 9.15. The molecule has 0 heteroatoms. The minimum absolute atomic E-state index is 0.361. The third-order valence-electron chi connectivity index (χ3n) is 2.50. The summed E-state index contributed by atoms with van der Waals surface area (Å²) in [6, 6.07) is 0. The maximum absolute atomic E-state index is 2.41. The molecule has 70 valence electrons. The Hall–Kier alpha value is -0.260. The summed E-state index contributed by atoms with van der Waals surface area (Å²) >= 11 is 0. The Labute approximate surface area is 77.1 Å². The topological polar surface area (TPSA) is 0 Å². The van der Waals surface area contributed by atoms with Crippen LogP contribution in [0.5, 0.6) is 0 Å². The van der Waals surface area contributed by atoms with Gasteiger partial charge in [0.1, 0.15) is 0 Å². The van der Waals surface area contributed by atoms with Crippen LogP contribution < -0.4 is 0 Å². The van der Waals surface area contributed by atoms with E-state index in [9.17, 15) is 0 Å². The summed E-state index contributed by atoms with van der Waals surface area (Å²) in [6.45, 7) is 11.5. The Bertz CT molecular complexity index is 171. The zero-order chi connectivity index (χ0) is 9.41. The predicted octanol–water partition coefficient (Wildman–Crippen LogP) is 4.02. The van der Waals surface area contributed by atoms with Gasteiger partial charge in [0, 0.05) is 0 Å². The van der Waals surface area contributed by atoms with Crippen molar-refractivity contribution in [3.8, 4) is 0 Å². The highest BCUT2D eigenvalue weighted by molar-refractivity contribution is 5.02. The lowest BCUT2D eigenvalue weighted by atomic mass is 9.64. The predicted molar refractivity (Wildman–Crippen MR) is 55.1 cm³/mol. The maximum atomic E-state index is 2.41. The summed E-state index contributed by atoms with van der Waals surface area (Å²) in [4.78, 5) is 0. The Morgan fingerprint density at radius 3 is 2.00 bits per heavy atom. The molecule has 0 unspecified atom stereocenters. The summed E-state index contributed by atoms with van der Waals surface area (Å²) in [6.07, 6.45) is 7.51. The van der Waals surface area contributed by atoms with E-state index in [1.165, 1.54) is 12.8 Å². The van der Waals surface area contributed by atoms with Crippen molar-refractivity contribution in [1.82, 2.24) is 0 Å². The smallest absolute Gasteiger partial charge is 0.0203 e. The van der Waals surface area contributed by atoms with E-state index < -0.39 is 0 Å². The lowest BCUT2D eigenvalue weighted by molar-refractivity contribution is 0.131. The average Bonchev–Trinajstić information content (AvgIpc) is 1.76. The largest absolute Gasteiger partial charge is 0.0849 e. The molecule has 0 aliphatic heterocycles. The number of hydrogen-bond acceptors (Lipinski definition) is 0. The van der Waals surface area contributed by atoms with E-state index >= 15 is 0 Å². The first-order chi connectivity index (χ1) is 5.29. The number of rotatable bonds is 1. The van der Waals surface area contributed by atoms with Gasteiger partial charge < -0.3 is 0 Å². The summed E-state index contributed by atoms with van der Waals surface area (Å²) < 4.78 is 0. The van der Waals surface area contributed by atoms with Gasteiger partial charge in [0.05, 0.1) is 0 Å². The molecule has 0 N–H and O–H groups in total. The normalized spacial score (nSPS) is 24.4. The molecule has 0 atom stereocenters. The van der Waals surface area contributed by atoms with Gasteiger partial charge in [0.15, 0.2) is 0 Å². The molecule has 0 aromatic carbocycles. The van der Waals surface area contributed by atoms with E-state index in [4.69, 9.17) is 0 Å². The number of hydrogen-bond donors (Lipinski definition) is 0. The van der Waals surface area contributed by atoms with Crippen molar-refractivity contribution in [1.29, 1.82) is 0 Å². The van der Waals surface area contributed by atoms with Crippen LogP contribution in [-0.2, 0) is 0 Å². The first-order valence-corrected chi connectivity index (χ1v) is 4.98. The molecule has 0 saturated heterocycles. The van der Waals surface area contributed by atoms with E-state index in [1.807, 2.05) is 0 Å². The molecule has 0 amide bonds. The van der Waals surface area contributed by atoms with Gasteiger partial charge in [-0.25, -0.2) is 0 Å². The lowest BCUT2D eigenvalue weighted by Crippen LogP contribution is -2.30. The first-order valence-electron chi connectivity index (χ1n) is 4.98. The Balaban J connectivity index is 2.32. The molecule has 0 aromatic rings. The maximum Gasteiger partial charge on any atom is -0.0203 e. The number of allylic oxidation sites excluding steroid dienone is 2. The molecule has 0 heterocycles. The van der Waals surface area contributed by atoms with Gasteiger partial charge in [-0.2, -0.15) is 0 Å². The van der Waals surface area contributed by atoms with Crippen LogP contribution in [0.3, 0.4) is 0 Å². The Morgan fingerprint density at radius 2 is 1.67 bits per heavy atom. The highest BCUT2D eigenvalue weighted by Crippen LogP contribution is 2.45. The molecular weight excluding hydrogens is 144 g/mol. The fraction of sp³-hybridized carbons (Fsp3) is 0.833. The highest BCUT2D eigenvalue weighted by Gasteiger charge is 2.34. The van der Waals surface area contributed by atoms with Crippen LogP contribution in [0, 0.1) is 16.7 Å².